The molecule has 94 valence electrons. The summed E-state index contributed by atoms with van der Waals surface area (Å²) >= 11 is 0. The maximum absolute atomic E-state index is 4.43. The fourth-order valence-electron chi connectivity index (χ4n) is 2.71. The summed E-state index contributed by atoms with van der Waals surface area (Å²) in [5, 5.41) is 3.69. The van der Waals surface area contributed by atoms with Gasteiger partial charge < -0.3 is 9.88 Å². The Morgan fingerprint density at radius 1 is 1.47 bits per heavy atom. The zero-order chi connectivity index (χ0) is 11.8. The van der Waals surface area contributed by atoms with Gasteiger partial charge in [0, 0.05) is 44.6 Å². The van der Waals surface area contributed by atoms with Crippen LogP contribution < -0.4 is 5.32 Å². The van der Waals surface area contributed by atoms with Gasteiger partial charge in [-0.2, -0.15) is 0 Å². The van der Waals surface area contributed by atoms with Crippen molar-refractivity contribution in [2.75, 3.05) is 13.1 Å². The van der Waals surface area contributed by atoms with Gasteiger partial charge in [-0.3, -0.25) is 4.90 Å². The number of imidazole rings is 1. The third-order valence-electron chi connectivity index (χ3n) is 4.19. The van der Waals surface area contributed by atoms with E-state index in [4.69, 9.17) is 0 Å². The molecule has 1 aromatic heterocycles. The zero-order valence-corrected chi connectivity index (χ0v) is 10.8. The standard InChI is InChI=1S/C13H22N4/c1-10-7-15-12(11-3-4-11)8-17(10)9-13-14-5-6-16(13)2/h5-6,10-12,15H,3-4,7-9H2,1-2H3. The van der Waals surface area contributed by atoms with E-state index in [-0.39, 0.29) is 0 Å². The Balaban J connectivity index is 1.65. The van der Waals surface area contributed by atoms with Crippen LogP contribution in [0.2, 0.25) is 0 Å². The molecule has 3 rings (SSSR count). The lowest BCUT2D eigenvalue weighted by atomic mass is 10.1. The summed E-state index contributed by atoms with van der Waals surface area (Å²) < 4.78 is 2.13. The predicted molar refractivity (Wildman–Crippen MR) is 67.6 cm³/mol. The second-order valence-corrected chi connectivity index (χ2v) is 5.59. The second-order valence-electron chi connectivity index (χ2n) is 5.59. The van der Waals surface area contributed by atoms with E-state index >= 15 is 0 Å². The Hall–Kier alpha value is -0.870. The minimum atomic E-state index is 0.613. The quantitative estimate of drug-likeness (QED) is 0.847. The fraction of sp³-hybridized carbons (Fsp3) is 0.769. The number of rotatable bonds is 3. The van der Waals surface area contributed by atoms with Crippen LogP contribution >= 0.6 is 0 Å². The molecule has 2 heterocycles. The molecule has 4 nitrogen and oxygen atoms in total. The van der Waals surface area contributed by atoms with E-state index in [9.17, 15) is 0 Å². The highest BCUT2D eigenvalue weighted by Gasteiger charge is 2.36. The van der Waals surface area contributed by atoms with E-state index in [1.807, 2.05) is 12.4 Å². The number of nitrogens with zero attached hydrogens (tertiary/aromatic N) is 3. The molecule has 2 fully saturated rings. The maximum Gasteiger partial charge on any atom is 0.122 e. The van der Waals surface area contributed by atoms with Gasteiger partial charge in [0.15, 0.2) is 0 Å². The molecule has 2 unspecified atom stereocenters. The molecule has 2 atom stereocenters. The highest BCUT2D eigenvalue weighted by atomic mass is 15.3. The fourth-order valence-corrected chi connectivity index (χ4v) is 2.71. The minimum absolute atomic E-state index is 0.613. The molecule has 1 N–H and O–H groups in total. The Morgan fingerprint density at radius 2 is 2.29 bits per heavy atom. The van der Waals surface area contributed by atoms with Crippen LogP contribution in [0.25, 0.3) is 0 Å². The van der Waals surface area contributed by atoms with Crippen molar-refractivity contribution in [1.82, 2.24) is 19.8 Å². The molecule has 0 radical (unpaired) electrons. The van der Waals surface area contributed by atoms with Crippen molar-refractivity contribution in [2.24, 2.45) is 13.0 Å². The van der Waals surface area contributed by atoms with E-state index in [2.05, 4.69) is 33.7 Å². The van der Waals surface area contributed by atoms with E-state index in [0.717, 1.165) is 19.0 Å². The van der Waals surface area contributed by atoms with Gasteiger partial charge in [0.25, 0.3) is 0 Å². The Morgan fingerprint density at radius 3 is 2.94 bits per heavy atom. The Bertz CT molecular complexity index is 383. The van der Waals surface area contributed by atoms with Gasteiger partial charge >= 0.3 is 0 Å². The average molecular weight is 234 g/mol. The van der Waals surface area contributed by atoms with Crippen molar-refractivity contribution in [3.05, 3.63) is 18.2 Å². The van der Waals surface area contributed by atoms with E-state index in [0.29, 0.717) is 12.1 Å². The monoisotopic (exact) mass is 234 g/mol. The summed E-state index contributed by atoms with van der Waals surface area (Å²) in [7, 11) is 2.08. The molecular formula is C13H22N4. The van der Waals surface area contributed by atoms with Crippen LogP contribution in [0.3, 0.4) is 0 Å². The molecule has 17 heavy (non-hydrogen) atoms. The molecule has 0 bridgehead atoms. The lowest BCUT2D eigenvalue weighted by Gasteiger charge is -2.38. The van der Waals surface area contributed by atoms with Gasteiger partial charge in [0.05, 0.1) is 6.54 Å². The van der Waals surface area contributed by atoms with E-state index in [1.54, 1.807) is 0 Å². The largest absolute Gasteiger partial charge is 0.337 e. The average Bonchev–Trinajstić information content (AvgIpc) is 3.08. The molecular weight excluding hydrogens is 212 g/mol. The number of aryl methyl sites for hydroxylation is 1. The molecule has 1 aromatic rings. The number of piperazine rings is 1. The highest BCUT2D eigenvalue weighted by molar-refractivity contribution is 4.97. The Labute approximate surface area is 103 Å². The van der Waals surface area contributed by atoms with Gasteiger partial charge in [-0.15, -0.1) is 0 Å². The van der Waals surface area contributed by atoms with Crippen LogP contribution in [0.1, 0.15) is 25.6 Å². The zero-order valence-electron chi connectivity index (χ0n) is 10.8. The van der Waals surface area contributed by atoms with Crippen molar-refractivity contribution < 1.29 is 0 Å². The van der Waals surface area contributed by atoms with Crippen LogP contribution in [-0.4, -0.2) is 39.6 Å². The summed E-state index contributed by atoms with van der Waals surface area (Å²) in [5.74, 6) is 2.11. The first-order valence-corrected chi connectivity index (χ1v) is 6.67. The smallest absolute Gasteiger partial charge is 0.122 e. The van der Waals surface area contributed by atoms with E-state index < -0.39 is 0 Å². The molecule has 4 heteroatoms. The molecule has 0 spiro atoms. The van der Waals surface area contributed by atoms with Crippen molar-refractivity contribution in [2.45, 2.75) is 38.4 Å². The molecule has 0 amide bonds. The summed E-state index contributed by atoms with van der Waals surface area (Å²) in [5.41, 5.74) is 0. The van der Waals surface area contributed by atoms with Gasteiger partial charge in [-0.05, 0) is 25.7 Å². The summed E-state index contributed by atoms with van der Waals surface area (Å²) in [6.07, 6.45) is 6.76. The highest BCUT2D eigenvalue weighted by Crippen LogP contribution is 2.34. The first kappa shape index (κ1) is 11.2. The number of hydrogen-bond donors (Lipinski definition) is 1. The molecule has 2 aliphatic rings. The molecule has 1 aliphatic heterocycles. The molecule has 1 saturated carbocycles. The summed E-state index contributed by atoms with van der Waals surface area (Å²) in [4.78, 5) is 7.00. The third-order valence-corrected chi connectivity index (χ3v) is 4.19. The van der Waals surface area contributed by atoms with Gasteiger partial charge in [-0.1, -0.05) is 0 Å². The van der Waals surface area contributed by atoms with Gasteiger partial charge in [-0.25, -0.2) is 4.98 Å². The van der Waals surface area contributed by atoms with Crippen molar-refractivity contribution in [1.29, 1.82) is 0 Å². The number of aromatic nitrogens is 2. The lowest BCUT2D eigenvalue weighted by Crippen LogP contribution is -2.55. The predicted octanol–water partition coefficient (Wildman–Crippen LogP) is 0.992. The van der Waals surface area contributed by atoms with Crippen LogP contribution in [0.5, 0.6) is 0 Å². The topological polar surface area (TPSA) is 33.1 Å². The second kappa shape index (κ2) is 4.42. The third kappa shape index (κ3) is 2.38. The normalized spacial score (nSPS) is 30.7. The van der Waals surface area contributed by atoms with Crippen molar-refractivity contribution >= 4 is 0 Å². The van der Waals surface area contributed by atoms with Gasteiger partial charge in [0.2, 0.25) is 0 Å². The SMILES string of the molecule is CC1CNC(C2CC2)CN1Cc1nccn1C. The number of hydrogen-bond acceptors (Lipinski definition) is 3. The molecule has 1 aliphatic carbocycles. The van der Waals surface area contributed by atoms with Crippen LogP contribution in [0, 0.1) is 5.92 Å². The molecule has 1 saturated heterocycles. The van der Waals surface area contributed by atoms with Crippen LogP contribution in [0.4, 0.5) is 0 Å². The van der Waals surface area contributed by atoms with Crippen molar-refractivity contribution in [3.8, 4) is 0 Å². The van der Waals surface area contributed by atoms with Crippen molar-refractivity contribution in [3.63, 3.8) is 0 Å². The van der Waals surface area contributed by atoms with E-state index in [1.165, 1.54) is 25.2 Å². The molecule has 0 aromatic carbocycles. The van der Waals surface area contributed by atoms with Crippen LogP contribution in [0.15, 0.2) is 12.4 Å². The lowest BCUT2D eigenvalue weighted by molar-refractivity contribution is 0.121. The first-order valence-electron chi connectivity index (χ1n) is 6.67. The number of nitrogens with one attached hydrogen (secondary N) is 1. The Kier molecular flexibility index (Phi) is 2.92. The summed E-state index contributed by atoms with van der Waals surface area (Å²) in [6, 6.07) is 1.33. The van der Waals surface area contributed by atoms with Crippen LogP contribution in [-0.2, 0) is 13.6 Å². The minimum Gasteiger partial charge on any atom is -0.337 e. The van der Waals surface area contributed by atoms with Gasteiger partial charge in [0.1, 0.15) is 5.82 Å². The summed E-state index contributed by atoms with van der Waals surface area (Å²) in [6.45, 7) is 5.58. The first-order chi connectivity index (χ1) is 8.24. The maximum atomic E-state index is 4.43.